The van der Waals surface area contributed by atoms with Crippen molar-refractivity contribution in [2.24, 2.45) is 7.05 Å². The summed E-state index contributed by atoms with van der Waals surface area (Å²) in [5.41, 5.74) is 0.155. The predicted molar refractivity (Wildman–Crippen MR) is 85.3 cm³/mol. The van der Waals surface area contributed by atoms with Crippen molar-refractivity contribution < 1.29 is 13.6 Å². The van der Waals surface area contributed by atoms with Gasteiger partial charge in [-0.15, -0.1) is 0 Å². The summed E-state index contributed by atoms with van der Waals surface area (Å²) in [4.78, 5) is 12.2. The van der Waals surface area contributed by atoms with E-state index in [-0.39, 0.29) is 11.6 Å². The van der Waals surface area contributed by atoms with Crippen molar-refractivity contribution in [3.05, 3.63) is 51.3 Å². The Labute approximate surface area is 142 Å². The molecule has 124 valence electrons. The van der Waals surface area contributed by atoms with Gasteiger partial charge in [-0.25, -0.2) is 8.78 Å². The number of hydrogen-bond acceptors (Lipinski definition) is 2. The summed E-state index contributed by atoms with van der Waals surface area (Å²) < 4.78 is 27.0. The second-order valence-corrected chi connectivity index (χ2v) is 6.06. The van der Waals surface area contributed by atoms with Gasteiger partial charge in [0, 0.05) is 29.3 Å². The first kappa shape index (κ1) is 17.7. The summed E-state index contributed by atoms with van der Waals surface area (Å²) in [7, 11) is 1.49. The van der Waals surface area contributed by atoms with Crippen LogP contribution in [0.4, 0.5) is 8.78 Å². The Kier molecular flexibility index (Phi) is 5.59. The fraction of sp³-hybridized carbons (Fsp3) is 0.333. The molecule has 23 heavy (non-hydrogen) atoms. The molecule has 8 heteroatoms. The first-order valence-electron chi connectivity index (χ1n) is 6.84. The highest BCUT2D eigenvalue weighted by Gasteiger charge is 2.23. The van der Waals surface area contributed by atoms with Gasteiger partial charge in [0.1, 0.15) is 5.69 Å². The number of amides is 1. The number of carbonyl (C=O) groups is 1. The Morgan fingerprint density at radius 1 is 1.39 bits per heavy atom. The maximum atomic E-state index is 12.9. The fourth-order valence-electron chi connectivity index (χ4n) is 2.21. The molecule has 0 aliphatic rings. The molecule has 1 aromatic heterocycles. The molecule has 0 saturated heterocycles. The SMILES string of the molecule is CC(Cc1ccc(Cl)cc1Cl)NC(=O)c1cn(C)nc1C(F)F. The zero-order valence-electron chi connectivity index (χ0n) is 12.5. The van der Waals surface area contributed by atoms with E-state index < -0.39 is 18.0 Å². The van der Waals surface area contributed by atoms with E-state index in [0.29, 0.717) is 16.5 Å². The van der Waals surface area contributed by atoms with Gasteiger partial charge in [-0.1, -0.05) is 29.3 Å². The molecular weight excluding hydrogens is 347 g/mol. The standard InChI is InChI=1S/C15H15Cl2F2N3O/c1-8(5-9-3-4-10(16)6-12(9)17)20-15(23)11-7-22(2)21-13(11)14(18)19/h3-4,6-8,14H,5H2,1-2H3,(H,20,23). The van der Waals surface area contributed by atoms with Crippen LogP contribution < -0.4 is 5.32 Å². The van der Waals surface area contributed by atoms with Gasteiger partial charge in [-0.2, -0.15) is 5.10 Å². The molecule has 2 aromatic rings. The number of nitrogens with zero attached hydrogens (tertiary/aromatic N) is 2. The molecule has 1 atom stereocenters. The smallest absolute Gasteiger partial charge is 0.282 e. The molecule has 1 amide bonds. The number of carbonyl (C=O) groups excluding carboxylic acids is 1. The summed E-state index contributed by atoms with van der Waals surface area (Å²) in [6.07, 6.45) is -1.08. The van der Waals surface area contributed by atoms with Crippen LogP contribution in [0.25, 0.3) is 0 Å². The third-order valence-corrected chi connectivity index (χ3v) is 3.81. The lowest BCUT2D eigenvalue weighted by atomic mass is 10.1. The van der Waals surface area contributed by atoms with Crippen LogP contribution in [0.1, 0.15) is 35.0 Å². The molecular formula is C15H15Cl2F2N3O. The summed E-state index contributed by atoms with van der Waals surface area (Å²) in [5.74, 6) is -0.592. The van der Waals surface area contributed by atoms with Gasteiger partial charge in [-0.05, 0) is 31.0 Å². The molecule has 0 aliphatic carbocycles. The van der Waals surface area contributed by atoms with Crippen LogP contribution >= 0.6 is 23.2 Å². The van der Waals surface area contributed by atoms with Crippen molar-refractivity contribution in [3.8, 4) is 0 Å². The molecule has 0 radical (unpaired) electrons. The Bertz CT molecular complexity index is 719. The van der Waals surface area contributed by atoms with E-state index in [1.54, 1.807) is 25.1 Å². The van der Waals surface area contributed by atoms with E-state index in [4.69, 9.17) is 23.2 Å². The van der Waals surface area contributed by atoms with Crippen molar-refractivity contribution in [3.63, 3.8) is 0 Å². The number of alkyl halides is 2. The maximum Gasteiger partial charge on any atom is 0.282 e. The minimum absolute atomic E-state index is 0.128. The highest BCUT2D eigenvalue weighted by atomic mass is 35.5. The van der Waals surface area contributed by atoms with Gasteiger partial charge in [0.15, 0.2) is 0 Å². The summed E-state index contributed by atoms with van der Waals surface area (Å²) >= 11 is 11.9. The van der Waals surface area contributed by atoms with Crippen molar-refractivity contribution in [2.45, 2.75) is 25.8 Å². The highest BCUT2D eigenvalue weighted by molar-refractivity contribution is 6.35. The van der Waals surface area contributed by atoms with Crippen LogP contribution in [0.5, 0.6) is 0 Å². The van der Waals surface area contributed by atoms with E-state index >= 15 is 0 Å². The Balaban J connectivity index is 2.08. The molecule has 0 spiro atoms. The average molecular weight is 362 g/mol. The minimum atomic E-state index is -2.81. The summed E-state index contributed by atoms with van der Waals surface area (Å²) in [6.45, 7) is 1.77. The molecule has 1 heterocycles. The number of rotatable bonds is 5. The molecule has 4 nitrogen and oxygen atoms in total. The molecule has 0 aliphatic heterocycles. The first-order chi connectivity index (χ1) is 10.8. The number of aryl methyl sites for hydroxylation is 1. The molecule has 2 rings (SSSR count). The van der Waals surface area contributed by atoms with Crippen LogP contribution in [0.15, 0.2) is 24.4 Å². The number of nitrogens with one attached hydrogen (secondary N) is 1. The van der Waals surface area contributed by atoms with Crippen molar-refractivity contribution in [1.29, 1.82) is 0 Å². The van der Waals surface area contributed by atoms with Gasteiger partial charge < -0.3 is 5.32 Å². The Hall–Kier alpha value is -1.66. The molecule has 0 saturated carbocycles. The van der Waals surface area contributed by atoms with Crippen molar-refractivity contribution >= 4 is 29.1 Å². The monoisotopic (exact) mass is 361 g/mol. The predicted octanol–water partition coefficient (Wildman–Crippen LogP) is 4.03. The van der Waals surface area contributed by atoms with Crippen LogP contribution in [-0.4, -0.2) is 21.7 Å². The molecule has 1 aromatic carbocycles. The summed E-state index contributed by atoms with van der Waals surface area (Å²) in [6, 6.07) is 4.78. The van der Waals surface area contributed by atoms with Crippen LogP contribution in [0.3, 0.4) is 0 Å². The molecule has 1 unspecified atom stereocenters. The number of benzene rings is 1. The molecule has 0 fully saturated rings. The van der Waals surface area contributed by atoms with Crippen molar-refractivity contribution in [1.82, 2.24) is 15.1 Å². The van der Waals surface area contributed by atoms with Gasteiger partial charge in [0.2, 0.25) is 0 Å². The molecule has 0 bridgehead atoms. The van der Waals surface area contributed by atoms with E-state index in [2.05, 4.69) is 10.4 Å². The lowest BCUT2D eigenvalue weighted by molar-refractivity contribution is 0.0925. The van der Waals surface area contributed by atoms with Crippen LogP contribution in [-0.2, 0) is 13.5 Å². The Morgan fingerprint density at radius 2 is 2.09 bits per heavy atom. The summed E-state index contributed by atoms with van der Waals surface area (Å²) in [5, 5.41) is 7.31. The number of halogens is 4. The fourth-order valence-corrected chi connectivity index (χ4v) is 2.70. The average Bonchev–Trinajstić information content (AvgIpc) is 2.84. The largest absolute Gasteiger partial charge is 0.349 e. The lowest BCUT2D eigenvalue weighted by Crippen LogP contribution is -2.34. The first-order valence-corrected chi connectivity index (χ1v) is 7.60. The van der Waals surface area contributed by atoms with E-state index in [0.717, 1.165) is 5.56 Å². The maximum absolute atomic E-state index is 12.9. The third kappa shape index (κ3) is 4.42. The number of aromatic nitrogens is 2. The van der Waals surface area contributed by atoms with E-state index in [9.17, 15) is 13.6 Å². The van der Waals surface area contributed by atoms with Crippen LogP contribution in [0, 0.1) is 0 Å². The highest BCUT2D eigenvalue weighted by Crippen LogP contribution is 2.23. The van der Waals surface area contributed by atoms with Gasteiger partial charge in [0.25, 0.3) is 12.3 Å². The third-order valence-electron chi connectivity index (χ3n) is 3.23. The normalized spacial score (nSPS) is 12.5. The van der Waals surface area contributed by atoms with Gasteiger partial charge >= 0.3 is 0 Å². The number of hydrogen-bond donors (Lipinski definition) is 1. The second kappa shape index (κ2) is 7.27. The lowest BCUT2D eigenvalue weighted by Gasteiger charge is -2.15. The van der Waals surface area contributed by atoms with Gasteiger partial charge in [-0.3, -0.25) is 9.48 Å². The molecule has 1 N–H and O–H groups in total. The minimum Gasteiger partial charge on any atom is -0.349 e. The second-order valence-electron chi connectivity index (χ2n) is 5.22. The van der Waals surface area contributed by atoms with E-state index in [1.807, 2.05) is 0 Å². The van der Waals surface area contributed by atoms with Crippen molar-refractivity contribution in [2.75, 3.05) is 0 Å². The topological polar surface area (TPSA) is 46.9 Å². The Morgan fingerprint density at radius 3 is 2.70 bits per heavy atom. The zero-order valence-corrected chi connectivity index (χ0v) is 14.0. The van der Waals surface area contributed by atoms with Crippen LogP contribution in [0.2, 0.25) is 10.0 Å². The quantitative estimate of drug-likeness (QED) is 0.873. The zero-order chi connectivity index (χ0) is 17.1. The van der Waals surface area contributed by atoms with Gasteiger partial charge in [0.05, 0.1) is 5.56 Å². The van der Waals surface area contributed by atoms with E-state index in [1.165, 1.54) is 17.9 Å².